The summed E-state index contributed by atoms with van der Waals surface area (Å²) < 4.78 is 5.39. The Labute approximate surface area is 119 Å². The van der Waals surface area contributed by atoms with Gasteiger partial charge in [0.15, 0.2) is 6.61 Å². The first-order valence-corrected chi connectivity index (χ1v) is 7.24. The quantitative estimate of drug-likeness (QED) is 0.813. The van der Waals surface area contributed by atoms with Gasteiger partial charge in [-0.05, 0) is 18.9 Å². The number of rotatable bonds is 2. The zero-order valence-corrected chi connectivity index (χ0v) is 11.8. The summed E-state index contributed by atoms with van der Waals surface area (Å²) in [6, 6.07) is 4.27. The largest absolute Gasteiger partial charge is 0.482 e. The summed E-state index contributed by atoms with van der Waals surface area (Å²) in [6.07, 6.45) is 6.29. The monoisotopic (exact) mass is 275 g/mol. The number of benzene rings is 1. The van der Waals surface area contributed by atoms with Crippen LogP contribution in [0.3, 0.4) is 0 Å². The van der Waals surface area contributed by atoms with Gasteiger partial charge in [0.05, 0.1) is 17.1 Å². The number of nitrogens with one attached hydrogen (secondary N) is 1. The third-order valence-corrected chi connectivity index (χ3v) is 4.26. The summed E-state index contributed by atoms with van der Waals surface area (Å²) in [7, 11) is 2.08. The van der Waals surface area contributed by atoms with Gasteiger partial charge in [0.2, 0.25) is 0 Å². The lowest BCUT2D eigenvalue weighted by atomic mass is 9.94. The number of fused-ring (bicyclic) bond motifs is 1. The van der Waals surface area contributed by atoms with E-state index in [1.807, 2.05) is 12.1 Å². The molecule has 1 saturated carbocycles. The van der Waals surface area contributed by atoms with E-state index >= 15 is 0 Å². The van der Waals surface area contributed by atoms with Gasteiger partial charge in [-0.2, -0.15) is 0 Å². The Hall–Kier alpha value is -1.91. The van der Waals surface area contributed by atoms with Crippen LogP contribution in [0.4, 0.5) is 17.1 Å². The topological polar surface area (TPSA) is 67.6 Å². The second-order valence-electron chi connectivity index (χ2n) is 5.65. The Kier molecular flexibility index (Phi) is 3.42. The van der Waals surface area contributed by atoms with Crippen molar-refractivity contribution in [1.82, 2.24) is 0 Å². The van der Waals surface area contributed by atoms with Gasteiger partial charge in [-0.25, -0.2) is 0 Å². The maximum absolute atomic E-state index is 11.4. The molecule has 1 aliphatic heterocycles. The van der Waals surface area contributed by atoms with E-state index < -0.39 is 0 Å². The van der Waals surface area contributed by atoms with Crippen LogP contribution >= 0.6 is 0 Å². The number of nitrogens with zero attached hydrogens (tertiary/aromatic N) is 1. The number of amides is 1. The van der Waals surface area contributed by atoms with Crippen LogP contribution in [0.25, 0.3) is 0 Å². The predicted octanol–water partition coefficient (Wildman–Crippen LogP) is 2.37. The van der Waals surface area contributed by atoms with E-state index in [9.17, 15) is 4.79 Å². The third kappa shape index (κ3) is 2.40. The third-order valence-electron chi connectivity index (χ3n) is 4.26. The minimum atomic E-state index is -0.117. The maximum atomic E-state index is 11.4. The molecule has 1 aromatic carbocycles. The van der Waals surface area contributed by atoms with E-state index in [0.29, 0.717) is 23.2 Å². The number of hydrogen-bond acceptors (Lipinski definition) is 4. The molecular weight excluding hydrogens is 254 g/mol. The van der Waals surface area contributed by atoms with Gasteiger partial charge in [-0.15, -0.1) is 0 Å². The van der Waals surface area contributed by atoms with Gasteiger partial charge in [0.25, 0.3) is 5.91 Å². The molecule has 5 nitrogen and oxygen atoms in total. The van der Waals surface area contributed by atoms with E-state index in [1.54, 1.807) is 0 Å². The fourth-order valence-electron chi connectivity index (χ4n) is 3.10. The fourth-order valence-corrected chi connectivity index (χ4v) is 3.10. The highest BCUT2D eigenvalue weighted by Gasteiger charge is 2.23. The molecule has 0 bridgehead atoms. The Morgan fingerprint density at radius 3 is 2.80 bits per heavy atom. The smallest absolute Gasteiger partial charge is 0.262 e. The minimum absolute atomic E-state index is 0.0598. The lowest BCUT2D eigenvalue weighted by Crippen LogP contribution is -2.34. The summed E-state index contributed by atoms with van der Waals surface area (Å²) in [4.78, 5) is 13.7. The molecule has 5 heteroatoms. The summed E-state index contributed by atoms with van der Waals surface area (Å²) in [5.41, 5.74) is 8.54. The molecule has 1 amide bonds. The highest BCUT2D eigenvalue weighted by atomic mass is 16.5. The first-order chi connectivity index (χ1) is 9.65. The van der Waals surface area contributed by atoms with E-state index in [1.165, 1.54) is 32.1 Å². The molecule has 1 fully saturated rings. The average molecular weight is 275 g/mol. The zero-order chi connectivity index (χ0) is 14.1. The minimum Gasteiger partial charge on any atom is -0.482 e. The van der Waals surface area contributed by atoms with Gasteiger partial charge in [0, 0.05) is 19.2 Å². The van der Waals surface area contributed by atoms with Crippen molar-refractivity contribution in [3.63, 3.8) is 0 Å². The van der Waals surface area contributed by atoms with Crippen LogP contribution < -0.4 is 20.7 Å². The van der Waals surface area contributed by atoms with Crippen molar-refractivity contribution in [3.8, 4) is 5.75 Å². The number of ether oxygens (including phenoxy) is 1. The van der Waals surface area contributed by atoms with Crippen LogP contribution in [-0.2, 0) is 4.79 Å². The van der Waals surface area contributed by atoms with Crippen LogP contribution in [0, 0.1) is 0 Å². The summed E-state index contributed by atoms with van der Waals surface area (Å²) in [5, 5.41) is 2.84. The predicted molar refractivity (Wildman–Crippen MR) is 80.3 cm³/mol. The molecule has 3 N–H and O–H groups in total. The van der Waals surface area contributed by atoms with Gasteiger partial charge < -0.3 is 20.7 Å². The van der Waals surface area contributed by atoms with E-state index in [2.05, 4.69) is 17.3 Å². The molecule has 3 rings (SSSR count). The molecule has 20 heavy (non-hydrogen) atoms. The number of nitrogens with two attached hydrogens (primary N) is 1. The lowest BCUT2D eigenvalue weighted by molar-refractivity contribution is -0.118. The van der Waals surface area contributed by atoms with Crippen molar-refractivity contribution in [2.75, 3.05) is 29.6 Å². The first kappa shape index (κ1) is 13.1. The summed E-state index contributed by atoms with van der Waals surface area (Å²) in [5.74, 6) is 0.538. The molecule has 0 aromatic heterocycles. The fraction of sp³-hybridized carbons (Fsp3) is 0.533. The number of hydrogen-bond donors (Lipinski definition) is 2. The first-order valence-electron chi connectivity index (χ1n) is 7.24. The van der Waals surface area contributed by atoms with Crippen molar-refractivity contribution in [2.45, 2.75) is 38.1 Å². The van der Waals surface area contributed by atoms with Crippen molar-refractivity contribution >= 4 is 23.0 Å². The number of carbonyl (C=O) groups is 1. The van der Waals surface area contributed by atoms with E-state index in [4.69, 9.17) is 10.5 Å². The molecule has 1 heterocycles. The molecule has 0 atom stereocenters. The highest BCUT2D eigenvalue weighted by molar-refractivity contribution is 5.97. The Morgan fingerprint density at radius 1 is 1.30 bits per heavy atom. The van der Waals surface area contributed by atoms with E-state index in [0.717, 1.165) is 5.69 Å². The van der Waals surface area contributed by atoms with Gasteiger partial charge >= 0.3 is 0 Å². The summed E-state index contributed by atoms with van der Waals surface area (Å²) >= 11 is 0. The van der Waals surface area contributed by atoms with Crippen molar-refractivity contribution in [2.24, 2.45) is 0 Å². The molecule has 2 aliphatic rings. The van der Waals surface area contributed by atoms with Crippen molar-refractivity contribution in [3.05, 3.63) is 12.1 Å². The molecule has 0 spiro atoms. The van der Waals surface area contributed by atoms with Crippen LogP contribution in [0.15, 0.2) is 12.1 Å². The van der Waals surface area contributed by atoms with Gasteiger partial charge in [-0.1, -0.05) is 19.3 Å². The van der Waals surface area contributed by atoms with Gasteiger partial charge in [-0.3, -0.25) is 4.79 Å². The molecule has 1 aliphatic carbocycles. The van der Waals surface area contributed by atoms with Crippen molar-refractivity contribution in [1.29, 1.82) is 0 Å². The number of anilines is 3. The van der Waals surface area contributed by atoms with Crippen LogP contribution in [0.2, 0.25) is 0 Å². The molecule has 0 saturated heterocycles. The standard InChI is InChI=1S/C15H21N3O2/c1-18(10-5-3-2-4-6-10)13-8-12-14(7-11(13)16)20-9-15(19)17-12/h7-8,10H,2-6,9,16H2,1H3,(H,17,19). The molecule has 0 radical (unpaired) electrons. The zero-order valence-electron chi connectivity index (χ0n) is 11.8. The van der Waals surface area contributed by atoms with Crippen LogP contribution in [0.5, 0.6) is 5.75 Å². The van der Waals surface area contributed by atoms with Crippen LogP contribution in [0.1, 0.15) is 32.1 Å². The molecular formula is C15H21N3O2. The molecule has 1 aromatic rings. The SMILES string of the molecule is CN(c1cc2c(cc1N)OCC(=O)N2)C1CCCCC1. The lowest BCUT2D eigenvalue weighted by Gasteiger charge is -2.34. The Morgan fingerprint density at radius 2 is 2.05 bits per heavy atom. The number of carbonyl (C=O) groups excluding carboxylic acids is 1. The molecule has 0 unspecified atom stereocenters. The molecule has 108 valence electrons. The van der Waals surface area contributed by atoms with Crippen molar-refractivity contribution < 1.29 is 9.53 Å². The van der Waals surface area contributed by atoms with Gasteiger partial charge in [0.1, 0.15) is 5.75 Å². The highest BCUT2D eigenvalue weighted by Crippen LogP contribution is 2.38. The normalized spacial score (nSPS) is 18.9. The Bertz CT molecular complexity index is 524. The maximum Gasteiger partial charge on any atom is 0.262 e. The number of nitrogen functional groups attached to an aromatic ring is 1. The second kappa shape index (κ2) is 5.23. The van der Waals surface area contributed by atoms with Crippen LogP contribution in [-0.4, -0.2) is 25.6 Å². The Balaban J connectivity index is 1.88. The second-order valence-corrected chi connectivity index (χ2v) is 5.65. The summed E-state index contributed by atoms with van der Waals surface area (Å²) in [6.45, 7) is 0.0598. The average Bonchev–Trinajstić information content (AvgIpc) is 2.47. The van der Waals surface area contributed by atoms with E-state index in [-0.39, 0.29) is 12.5 Å².